The molecule has 3 aromatic rings. The van der Waals surface area contributed by atoms with Crippen LogP contribution in [-0.2, 0) is 12.8 Å². The molecule has 0 radical (unpaired) electrons. The summed E-state index contributed by atoms with van der Waals surface area (Å²) in [6.45, 7) is 2.07. The Balaban J connectivity index is 1.85. The first-order valence-electron chi connectivity index (χ1n) is 6.90. The number of nitrogens with zero attached hydrogens (tertiary/aromatic N) is 1. The first-order chi connectivity index (χ1) is 10.1. The second-order valence-electron chi connectivity index (χ2n) is 5.18. The standard InChI is InChI=1S/C17H16N2O2/c1-11-4-2-5-12(10-11)8-9-15-18-14-7-3-6-13(17(20)21)16(14)19-15/h2-7,10H,8-9H2,1H3,(H,18,19)(H,20,21). The average Bonchev–Trinajstić information content (AvgIpc) is 2.87. The average molecular weight is 280 g/mol. The van der Waals surface area contributed by atoms with Crippen LogP contribution < -0.4 is 0 Å². The molecule has 1 aromatic heterocycles. The molecule has 2 N–H and O–H groups in total. The number of aryl methyl sites for hydroxylation is 3. The van der Waals surface area contributed by atoms with Crippen molar-refractivity contribution in [3.8, 4) is 0 Å². The topological polar surface area (TPSA) is 66.0 Å². The van der Waals surface area contributed by atoms with Crippen molar-refractivity contribution in [2.45, 2.75) is 19.8 Å². The molecule has 3 rings (SSSR count). The zero-order valence-electron chi connectivity index (χ0n) is 11.8. The van der Waals surface area contributed by atoms with Crippen molar-refractivity contribution in [2.75, 3.05) is 0 Å². The number of nitrogens with one attached hydrogen (secondary N) is 1. The Labute approximate surface area is 122 Å². The minimum atomic E-state index is -0.947. The van der Waals surface area contributed by atoms with Gasteiger partial charge in [0.15, 0.2) is 0 Å². The number of aromatic nitrogens is 2. The van der Waals surface area contributed by atoms with Crippen LogP contribution >= 0.6 is 0 Å². The molecule has 0 aliphatic carbocycles. The first kappa shape index (κ1) is 13.4. The highest BCUT2D eigenvalue weighted by molar-refractivity contribution is 6.00. The van der Waals surface area contributed by atoms with Gasteiger partial charge in [0, 0.05) is 6.42 Å². The van der Waals surface area contributed by atoms with Crippen molar-refractivity contribution < 1.29 is 9.90 Å². The zero-order valence-corrected chi connectivity index (χ0v) is 11.8. The predicted molar refractivity (Wildman–Crippen MR) is 81.6 cm³/mol. The number of aromatic amines is 1. The molecule has 0 aliphatic heterocycles. The molecule has 0 fully saturated rings. The Morgan fingerprint density at radius 1 is 1.19 bits per heavy atom. The molecular weight excluding hydrogens is 264 g/mol. The molecule has 2 aromatic carbocycles. The van der Waals surface area contributed by atoms with Gasteiger partial charge in [-0.25, -0.2) is 9.78 Å². The minimum Gasteiger partial charge on any atom is -0.478 e. The van der Waals surface area contributed by atoms with Crippen molar-refractivity contribution >= 4 is 17.0 Å². The number of aromatic carboxylic acids is 1. The van der Waals surface area contributed by atoms with Gasteiger partial charge < -0.3 is 10.1 Å². The van der Waals surface area contributed by atoms with Crippen molar-refractivity contribution in [2.24, 2.45) is 0 Å². The summed E-state index contributed by atoms with van der Waals surface area (Å²) in [4.78, 5) is 18.8. The molecule has 0 saturated heterocycles. The normalized spacial score (nSPS) is 10.9. The van der Waals surface area contributed by atoms with Crippen molar-refractivity contribution in [3.63, 3.8) is 0 Å². The van der Waals surface area contributed by atoms with E-state index in [1.165, 1.54) is 11.1 Å². The number of fused-ring (bicyclic) bond motifs is 1. The van der Waals surface area contributed by atoms with E-state index >= 15 is 0 Å². The Kier molecular flexibility index (Phi) is 3.44. The molecule has 0 aliphatic rings. The number of benzene rings is 2. The maximum absolute atomic E-state index is 11.2. The zero-order chi connectivity index (χ0) is 14.8. The Morgan fingerprint density at radius 3 is 2.76 bits per heavy atom. The molecule has 21 heavy (non-hydrogen) atoms. The van der Waals surface area contributed by atoms with E-state index in [0.29, 0.717) is 5.52 Å². The molecule has 0 bridgehead atoms. The molecule has 0 unspecified atom stereocenters. The van der Waals surface area contributed by atoms with Crippen LogP contribution in [0.15, 0.2) is 42.5 Å². The summed E-state index contributed by atoms with van der Waals surface area (Å²) in [5.41, 5.74) is 4.04. The predicted octanol–water partition coefficient (Wildman–Crippen LogP) is 3.35. The lowest BCUT2D eigenvalue weighted by Gasteiger charge is -2.00. The molecule has 1 heterocycles. The van der Waals surface area contributed by atoms with Gasteiger partial charge >= 0.3 is 5.97 Å². The highest BCUT2D eigenvalue weighted by Crippen LogP contribution is 2.17. The molecule has 106 valence electrons. The van der Waals surface area contributed by atoms with E-state index in [2.05, 4.69) is 35.1 Å². The van der Waals surface area contributed by atoms with E-state index in [9.17, 15) is 9.90 Å². The van der Waals surface area contributed by atoms with Gasteiger partial charge in [-0.05, 0) is 31.0 Å². The van der Waals surface area contributed by atoms with Crippen molar-refractivity contribution in [3.05, 3.63) is 65.0 Å². The van der Waals surface area contributed by atoms with Crippen LogP contribution in [0.4, 0.5) is 0 Å². The SMILES string of the molecule is Cc1cccc(CCc2nc3c(C(=O)O)cccc3[nH]2)c1. The number of carbonyl (C=O) groups is 1. The summed E-state index contributed by atoms with van der Waals surface area (Å²) >= 11 is 0. The third-order valence-corrected chi connectivity index (χ3v) is 3.53. The van der Waals surface area contributed by atoms with E-state index in [1.807, 2.05) is 12.1 Å². The molecular formula is C17H16N2O2. The Morgan fingerprint density at radius 2 is 2.00 bits per heavy atom. The minimum absolute atomic E-state index is 0.241. The number of hydrogen-bond donors (Lipinski definition) is 2. The number of H-pyrrole nitrogens is 1. The smallest absolute Gasteiger partial charge is 0.337 e. The molecule has 0 atom stereocenters. The monoisotopic (exact) mass is 280 g/mol. The summed E-state index contributed by atoms with van der Waals surface area (Å²) in [6.07, 6.45) is 1.64. The van der Waals surface area contributed by atoms with E-state index < -0.39 is 5.97 Å². The molecule has 0 amide bonds. The number of imidazole rings is 1. The number of para-hydroxylation sites is 1. The van der Waals surface area contributed by atoms with Gasteiger partial charge in [-0.3, -0.25) is 0 Å². The van der Waals surface area contributed by atoms with Crippen LogP contribution in [0.1, 0.15) is 27.3 Å². The van der Waals surface area contributed by atoms with Crippen LogP contribution in [0.5, 0.6) is 0 Å². The maximum Gasteiger partial charge on any atom is 0.337 e. The van der Waals surface area contributed by atoms with Crippen LogP contribution in [0.2, 0.25) is 0 Å². The van der Waals surface area contributed by atoms with Gasteiger partial charge in [-0.2, -0.15) is 0 Å². The van der Waals surface area contributed by atoms with E-state index in [-0.39, 0.29) is 5.56 Å². The lowest BCUT2D eigenvalue weighted by Crippen LogP contribution is -1.97. The summed E-state index contributed by atoms with van der Waals surface area (Å²) < 4.78 is 0. The number of carboxylic acid groups (broad SMARTS) is 1. The number of hydrogen-bond acceptors (Lipinski definition) is 2. The third kappa shape index (κ3) is 2.79. The van der Waals surface area contributed by atoms with Gasteiger partial charge in [-0.1, -0.05) is 35.9 Å². The fourth-order valence-corrected chi connectivity index (χ4v) is 2.50. The third-order valence-electron chi connectivity index (χ3n) is 3.53. The van der Waals surface area contributed by atoms with E-state index in [1.54, 1.807) is 12.1 Å². The van der Waals surface area contributed by atoms with E-state index in [0.717, 1.165) is 24.2 Å². The molecule has 0 spiro atoms. The van der Waals surface area contributed by atoms with Gasteiger partial charge in [-0.15, -0.1) is 0 Å². The lowest BCUT2D eigenvalue weighted by atomic mass is 10.1. The molecule has 4 heteroatoms. The second kappa shape index (κ2) is 5.40. The van der Waals surface area contributed by atoms with E-state index in [4.69, 9.17) is 0 Å². The second-order valence-corrected chi connectivity index (χ2v) is 5.18. The highest BCUT2D eigenvalue weighted by Gasteiger charge is 2.12. The van der Waals surface area contributed by atoms with Crippen LogP contribution in [-0.4, -0.2) is 21.0 Å². The largest absolute Gasteiger partial charge is 0.478 e. The fraction of sp³-hybridized carbons (Fsp3) is 0.176. The Bertz CT molecular complexity index is 805. The molecule has 0 saturated carbocycles. The van der Waals surface area contributed by atoms with Crippen LogP contribution in [0, 0.1) is 6.92 Å². The van der Waals surface area contributed by atoms with Crippen LogP contribution in [0.3, 0.4) is 0 Å². The summed E-state index contributed by atoms with van der Waals surface area (Å²) in [5.74, 6) is -0.127. The van der Waals surface area contributed by atoms with Gasteiger partial charge in [0.25, 0.3) is 0 Å². The first-order valence-corrected chi connectivity index (χ1v) is 6.90. The van der Waals surface area contributed by atoms with Crippen molar-refractivity contribution in [1.82, 2.24) is 9.97 Å². The summed E-state index contributed by atoms with van der Waals surface area (Å²) in [5, 5.41) is 9.18. The van der Waals surface area contributed by atoms with Gasteiger partial charge in [0.1, 0.15) is 11.3 Å². The van der Waals surface area contributed by atoms with Crippen molar-refractivity contribution in [1.29, 1.82) is 0 Å². The highest BCUT2D eigenvalue weighted by atomic mass is 16.4. The number of carboxylic acids is 1. The quantitative estimate of drug-likeness (QED) is 0.770. The summed E-state index contributed by atoms with van der Waals surface area (Å²) in [7, 11) is 0. The fourth-order valence-electron chi connectivity index (χ4n) is 2.50. The number of rotatable bonds is 4. The molecule has 4 nitrogen and oxygen atoms in total. The van der Waals surface area contributed by atoms with Crippen LogP contribution in [0.25, 0.3) is 11.0 Å². The Hall–Kier alpha value is -2.62. The lowest BCUT2D eigenvalue weighted by molar-refractivity contribution is 0.0699. The van der Waals surface area contributed by atoms with Gasteiger partial charge in [0.05, 0.1) is 11.1 Å². The maximum atomic E-state index is 11.2. The van der Waals surface area contributed by atoms with Gasteiger partial charge in [0.2, 0.25) is 0 Å². The summed E-state index contributed by atoms with van der Waals surface area (Å²) in [6, 6.07) is 13.5.